The SMILES string of the molecule is O=C(O)C1=NN(c2ccccc2S(=O)(=O)O)C(=O)[C@H]1N=Nc1ccccc1S(=O)(=O)O. The van der Waals surface area contributed by atoms with Crippen molar-refractivity contribution in [2.45, 2.75) is 15.8 Å². The number of benzene rings is 2. The van der Waals surface area contributed by atoms with Crippen LogP contribution in [-0.2, 0) is 29.8 Å². The second-order valence-electron chi connectivity index (χ2n) is 5.94. The van der Waals surface area contributed by atoms with Gasteiger partial charge in [0.25, 0.3) is 26.1 Å². The van der Waals surface area contributed by atoms with Crippen LogP contribution in [0.2, 0.25) is 0 Å². The number of nitrogens with zero attached hydrogens (tertiary/aromatic N) is 4. The van der Waals surface area contributed by atoms with E-state index in [1.165, 1.54) is 24.3 Å². The molecule has 1 aliphatic heterocycles. The summed E-state index contributed by atoms with van der Waals surface area (Å²) in [5.74, 6) is -2.80. The second kappa shape index (κ2) is 7.95. The lowest BCUT2D eigenvalue weighted by atomic mass is 10.2. The predicted molar refractivity (Wildman–Crippen MR) is 103 cm³/mol. The third-order valence-electron chi connectivity index (χ3n) is 3.92. The molecule has 15 heteroatoms. The van der Waals surface area contributed by atoms with Crippen molar-refractivity contribution < 1.29 is 40.6 Å². The maximum atomic E-state index is 12.8. The molecule has 0 bridgehead atoms. The van der Waals surface area contributed by atoms with Crippen molar-refractivity contribution in [2.24, 2.45) is 15.3 Å². The zero-order valence-corrected chi connectivity index (χ0v) is 16.7. The van der Waals surface area contributed by atoms with Gasteiger partial charge in [-0.25, -0.2) is 4.79 Å². The summed E-state index contributed by atoms with van der Waals surface area (Å²) in [6.45, 7) is 0. The van der Waals surface area contributed by atoms with Crippen LogP contribution in [0.5, 0.6) is 0 Å². The Bertz CT molecular complexity index is 1350. The van der Waals surface area contributed by atoms with Gasteiger partial charge in [-0.3, -0.25) is 13.9 Å². The van der Waals surface area contributed by atoms with Crippen LogP contribution in [0.15, 0.2) is 73.7 Å². The van der Waals surface area contributed by atoms with E-state index in [0.717, 1.165) is 24.3 Å². The van der Waals surface area contributed by atoms with Crippen LogP contribution in [0.4, 0.5) is 11.4 Å². The molecule has 0 saturated carbocycles. The van der Waals surface area contributed by atoms with Crippen molar-refractivity contribution in [3.05, 3.63) is 48.5 Å². The van der Waals surface area contributed by atoms with Gasteiger partial charge < -0.3 is 5.11 Å². The Kier molecular flexibility index (Phi) is 5.68. The number of rotatable bonds is 6. The Morgan fingerprint density at radius 3 is 2.06 bits per heavy atom. The number of hydrogen-bond acceptors (Lipinski definition) is 9. The predicted octanol–water partition coefficient (Wildman–Crippen LogP) is 1.12. The van der Waals surface area contributed by atoms with Crippen molar-refractivity contribution in [1.82, 2.24) is 0 Å². The molecule has 2 aromatic rings. The number of azo groups is 1. The average molecular weight is 468 g/mol. The van der Waals surface area contributed by atoms with E-state index in [4.69, 9.17) is 0 Å². The number of carboxylic acid groups (broad SMARTS) is 1. The van der Waals surface area contributed by atoms with E-state index in [1.54, 1.807) is 0 Å². The largest absolute Gasteiger partial charge is 0.477 e. The fourth-order valence-electron chi connectivity index (χ4n) is 2.61. The van der Waals surface area contributed by atoms with Crippen LogP contribution in [0.1, 0.15) is 0 Å². The van der Waals surface area contributed by atoms with Gasteiger partial charge in [0.1, 0.15) is 15.5 Å². The zero-order chi connectivity index (χ0) is 23.0. The normalized spacial score (nSPS) is 17.2. The molecule has 1 heterocycles. The van der Waals surface area contributed by atoms with Crippen LogP contribution in [0, 0.1) is 0 Å². The molecule has 0 aromatic heterocycles. The Balaban J connectivity index is 2.06. The van der Waals surface area contributed by atoms with Crippen molar-refractivity contribution >= 4 is 49.2 Å². The molecular weight excluding hydrogens is 456 g/mol. The topological polar surface area (TPSA) is 203 Å². The highest BCUT2D eigenvalue weighted by Crippen LogP contribution is 2.30. The standard InChI is InChI=1S/C16H12N4O9S2/c21-15-13(18-17-9-5-1-3-7-11(9)30(24,25)26)14(16(22)23)19-20(15)10-6-2-4-8-12(10)31(27,28)29/h1-8,13H,(H,22,23)(H,24,25,26)(H,27,28,29)/t13-/m0/s1. The Hall–Kier alpha value is -3.53. The van der Waals surface area contributed by atoms with Gasteiger partial charge in [-0.15, -0.1) is 0 Å². The second-order valence-corrected chi connectivity index (χ2v) is 8.72. The van der Waals surface area contributed by atoms with Crippen LogP contribution in [-0.4, -0.2) is 54.7 Å². The van der Waals surface area contributed by atoms with Gasteiger partial charge in [0.05, 0.1) is 5.69 Å². The number of para-hydroxylation sites is 1. The van der Waals surface area contributed by atoms with Crippen molar-refractivity contribution in [3.8, 4) is 0 Å². The number of carbonyl (C=O) groups excluding carboxylic acids is 1. The first-order valence-corrected chi connectivity index (χ1v) is 11.0. The van der Waals surface area contributed by atoms with E-state index in [0.29, 0.717) is 5.01 Å². The van der Waals surface area contributed by atoms with E-state index in [-0.39, 0.29) is 5.69 Å². The molecule has 31 heavy (non-hydrogen) atoms. The number of amides is 1. The number of carbonyl (C=O) groups is 2. The molecule has 0 aliphatic carbocycles. The molecule has 0 radical (unpaired) electrons. The highest BCUT2D eigenvalue weighted by Gasteiger charge is 2.42. The maximum Gasteiger partial charge on any atom is 0.355 e. The molecule has 162 valence electrons. The first-order valence-electron chi connectivity index (χ1n) is 8.11. The minimum absolute atomic E-state index is 0.376. The molecule has 1 aliphatic rings. The summed E-state index contributed by atoms with van der Waals surface area (Å²) in [5.41, 5.74) is -1.63. The van der Waals surface area contributed by atoms with Gasteiger partial charge in [-0.2, -0.15) is 37.2 Å². The summed E-state index contributed by atoms with van der Waals surface area (Å²) >= 11 is 0. The average Bonchev–Trinajstić information content (AvgIpc) is 3.02. The molecular formula is C16H12N4O9S2. The van der Waals surface area contributed by atoms with E-state index in [2.05, 4.69) is 15.3 Å². The van der Waals surface area contributed by atoms with Gasteiger partial charge in [0, 0.05) is 0 Å². The molecule has 0 fully saturated rings. The Morgan fingerprint density at radius 2 is 1.48 bits per heavy atom. The molecule has 0 unspecified atom stereocenters. The number of hydrogen-bond donors (Lipinski definition) is 3. The van der Waals surface area contributed by atoms with Crippen molar-refractivity contribution in [1.29, 1.82) is 0 Å². The molecule has 3 N–H and O–H groups in total. The third kappa shape index (κ3) is 4.48. The van der Waals surface area contributed by atoms with Crippen LogP contribution in [0.25, 0.3) is 0 Å². The Labute approximate surface area is 174 Å². The highest BCUT2D eigenvalue weighted by molar-refractivity contribution is 7.86. The van der Waals surface area contributed by atoms with E-state index in [9.17, 15) is 40.6 Å². The van der Waals surface area contributed by atoms with Crippen LogP contribution in [0.3, 0.4) is 0 Å². The number of aliphatic carboxylic acids is 1. The summed E-state index contributed by atoms with van der Waals surface area (Å²) in [6.07, 6.45) is 0. The highest BCUT2D eigenvalue weighted by atomic mass is 32.2. The van der Waals surface area contributed by atoms with Crippen molar-refractivity contribution in [3.63, 3.8) is 0 Å². The van der Waals surface area contributed by atoms with Gasteiger partial charge in [0.15, 0.2) is 5.71 Å². The smallest absolute Gasteiger partial charge is 0.355 e. The molecule has 13 nitrogen and oxygen atoms in total. The van der Waals surface area contributed by atoms with E-state index >= 15 is 0 Å². The summed E-state index contributed by atoms with van der Waals surface area (Å²) < 4.78 is 64.7. The van der Waals surface area contributed by atoms with E-state index in [1.807, 2.05) is 0 Å². The molecule has 2 aromatic carbocycles. The first-order chi connectivity index (χ1) is 14.4. The molecule has 0 spiro atoms. The van der Waals surface area contributed by atoms with Crippen LogP contribution >= 0.6 is 0 Å². The lowest BCUT2D eigenvalue weighted by Gasteiger charge is -2.15. The number of hydrazone groups is 1. The third-order valence-corrected chi connectivity index (χ3v) is 5.73. The summed E-state index contributed by atoms with van der Waals surface area (Å²) in [5, 5.41) is 20.5. The summed E-state index contributed by atoms with van der Waals surface area (Å²) in [7, 11) is -9.47. The fraction of sp³-hybridized carbons (Fsp3) is 0.0625. The van der Waals surface area contributed by atoms with Gasteiger partial charge in [-0.1, -0.05) is 24.3 Å². The monoisotopic (exact) mass is 468 g/mol. The number of anilines is 1. The summed E-state index contributed by atoms with van der Waals surface area (Å²) in [6, 6.07) is 7.63. The molecule has 3 rings (SSSR count). The fourth-order valence-corrected chi connectivity index (χ4v) is 3.90. The zero-order valence-electron chi connectivity index (χ0n) is 15.1. The van der Waals surface area contributed by atoms with Crippen LogP contribution < -0.4 is 5.01 Å². The minimum atomic E-state index is -4.79. The lowest BCUT2D eigenvalue weighted by Crippen LogP contribution is -2.33. The minimum Gasteiger partial charge on any atom is -0.477 e. The summed E-state index contributed by atoms with van der Waals surface area (Å²) in [4.78, 5) is 23.0. The number of carboxylic acids is 1. The maximum absolute atomic E-state index is 12.8. The quantitative estimate of drug-likeness (QED) is 0.410. The first kappa shape index (κ1) is 22.2. The Morgan fingerprint density at radius 1 is 0.935 bits per heavy atom. The molecule has 1 atom stereocenters. The molecule has 0 saturated heterocycles. The van der Waals surface area contributed by atoms with Gasteiger partial charge in [-0.05, 0) is 24.3 Å². The van der Waals surface area contributed by atoms with E-state index < -0.39 is 59.3 Å². The van der Waals surface area contributed by atoms with Gasteiger partial charge >= 0.3 is 5.97 Å². The van der Waals surface area contributed by atoms with Crippen molar-refractivity contribution in [2.75, 3.05) is 5.01 Å². The van der Waals surface area contributed by atoms with Gasteiger partial charge in [0.2, 0.25) is 6.04 Å². The lowest BCUT2D eigenvalue weighted by molar-refractivity contribution is -0.130. The molecule has 1 amide bonds.